The number of rotatable bonds is 4. The van der Waals surface area contributed by atoms with Gasteiger partial charge in [0.25, 0.3) is 5.91 Å². The van der Waals surface area contributed by atoms with E-state index in [2.05, 4.69) is 31.3 Å². The summed E-state index contributed by atoms with van der Waals surface area (Å²) in [5, 5.41) is 6.91. The molecule has 1 amide bonds. The SMILES string of the molecule is COC(=O)c1c(NC(=O)c2nn3c(C(F)(F)F)cc(-c4ccccc4)nc3c2Br)sc2c1CCCC2. The zero-order chi connectivity index (χ0) is 25.6. The molecule has 0 saturated carbocycles. The molecule has 0 aliphatic heterocycles. The van der Waals surface area contributed by atoms with E-state index in [1.807, 2.05) is 0 Å². The van der Waals surface area contributed by atoms with Gasteiger partial charge in [-0.25, -0.2) is 14.3 Å². The quantitative estimate of drug-likeness (QED) is 0.293. The summed E-state index contributed by atoms with van der Waals surface area (Å²) in [4.78, 5) is 31.0. The molecular weight excluding hydrogens is 561 g/mol. The van der Waals surface area contributed by atoms with Crippen LogP contribution in [-0.4, -0.2) is 33.6 Å². The van der Waals surface area contributed by atoms with Crippen LogP contribution in [0.4, 0.5) is 18.2 Å². The number of hydrogen-bond donors (Lipinski definition) is 1. The third-order valence-corrected chi connectivity index (χ3v) is 7.83. The summed E-state index contributed by atoms with van der Waals surface area (Å²) in [6.07, 6.45) is -1.41. The maximum atomic E-state index is 14.0. The van der Waals surface area contributed by atoms with Gasteiger partial charge >= 0.3 is 12.1 Å². The highest BCUT2D eigenvalue weighted by molar-refractivity contribution is 9.10. The number of esters is 1. The molecule has 12 heteroatoms. The number of methoxy groups -OCH3 is 1. The second-order valence-corrected chi connectivity index (χ2v) is 10.0. The second-order valence-electron chi connectivity index (χ2n) is 8.15. The fraction of sp³-hybridized carbons (Fsp3) is 0.250. The maximum absolute atomic E-state index is 14.0. The summed E-state index contributed by atoms with van der Waals surface area (Å²) in [5.74, 6) is -1.35. The van der Waals surface area contributed by atoms with E-state index in [4.69, 9.17) is 4.74 Å². The van der Waals surface area contributed by atoms with E-state index in [1.54, 1.807) is 30.3 Å². The first-order valence-corrected chi connectivity index (χ1v) is 12.6. The summed E-state index contributed by atoms with van der Waals surface area (Å²) >= 11 is 4.50. The Kier molecular flexibility index (Phi) is 6.33. The summed E-state index contributed by atoms with van der Waals surface area (Å²) < 4.78 is 47.4. The first-order chi connectivity index (χ1) is 17.2. The van der Waals surface area contributed by atoms with Crippen molar-refractivity contribution in [3.05, 3.63) is 68.3 Å². The molecule has 186 valence electrons. The summed E-state index contributed by atoms with van der Waals surface area (Å²) in [7, 11) is 1.26. The average molecular weight is 579 g/mol. The lowest BCUT2D eigenvalue weighted by Crippen LogP contribution is -2.17. The van der Waals surface area contributed by atoms with Gasteiger partial charge in [0.2, 0.25) is 0 Å². The third kappa shape index (κ3) is 4.28. The van der Waals surface area contributed by atoms with Crippen molar-refractivity contribution in [2.45, 2.75) is 31.9 Å². The van der Waals surface area contributed by atoms with Gasteiger partial charge < -0.3 is 10.1 Å². The fourth-order valence-electron chi connectivity index (χ4n) is 4.23. The first kappa shape index (κ1) is 24.4. The van der Waals surface area contributed by atoms with E-state index < -0.39 is 23.7 Å². The van der Waals surface area contributed by atoms with Crippen LogP contribution in [0.15, 0.2) is 40.9 Å². The van der Waals surface area contributed by atoms with Crippen LogP contribution in [0, 0.1) is 0 Å². The van der Waals surface area contributed by atoms with Gasteiger partial charge in [-0.15, -0.1) is 11.3 Å². The molecule has 1 aliphatic carbocycles. The van der Waals surface area contributed by atoms with Crippen molar-refractivity contribution in [3.8, 4) is 11.3 Å². The van der Waals surface area contributed by atoms with E-state index in [-0.39, 0.29) is 32.1 Å². The van der Waals surface area contributed by atoms with Gasteiger partial charge in [-0.05, 0) is 53.2 Å². The average Bonchev–Trinajstić information content (AvgIpc) is 3.40. The summed E-state index contributed by atoms with van der Waals surface area (Å²) in [6, 6.07) is 9.31. The molecule has 1 aliphatic rings. The molecular formula is C24H18BrF3N4O3S. The lowest BCUT2D eigenvalue weighted by Gasteiger charge is -2.11. The molecule has 0 spiro atoms. The Morgan fingerprint density at radius 3 is 2.58 bits per heavy atom. The lowest BCUT2D eigenvalue weighted by atomic mass is 9.95. The van der Waals surface area contributed by atoms with Gasteiger partial charge in [-0.2, -0.15) is 18.3 Å². The minimum atomic E-state index is -4.76. The molecule has 0 radical (unpaired) electrons. The second kappa shape index (κ2) is 9.32. The smallest absolute Gasteiger partial charge is 0.433 e. The van der Waals surface area contributed by atoms with Crippen LogP contribution in [0.3, 0.4) is 0 Å². The highest BCUT2D eigenvalue weighted by atomic mass is 79.9. The highest BCUT2D eigenvalue weighted by Crippen LogP contribution is 2.39. The number of halogens is 4. The van der Waals surface area contributed by atoms with Gasteiger partial charge in [0, 0.05) is 10.4 Å². The molecule has 3 heterocycles. The van der Waals surface area contributed by atoms with Gasteiger partial charge in [0.15, 0.2) is 17.0 Å². The largest absolute Gasteiger partial charge is 0.465 e. The predicted octanol–water partition coefficient (Wildman–Crippen LogP) is 6.16. The Labute approximate surface area is 215 Å². The standard InChI is InChI=1S/C24H18BrF3N4O3S/c1-35-23(34)17-13-9-5-6-10-15(13)36-22(17)30-21(33)19-18(25)20-29-14(12-7-3-2-4-8-12)11-16(24(26,27)28)32(20)31-19/h2-4,7-8,11H,5-6,9-10H2,1H3,(H,30,33). The first-order valence-electron chi connectivity index (χ1n) is 10.9. The van der Waals surface area contributed by atoms with Gasteiger partial charge in [0.05, 0.1) is 22.8 Å². The van der Waals surface area contributed by atoms with Crippen LogP contribution >= 0.6 is 27.3 Å². The predicted molar refractivity (Wildman–Crippen MR) is 131 cm³/mol. The number of amides is 1. The van der Waals surface area contributed by atoms with Crippen LogP contribution in [0.2, 0.25) is 0 Å². The number of aromatic nitrogens is 3. The van der Waals surface area contributed by atoms with E-state index in [0.717, 1.165) is 35.8 Å². The van der Waals surface area contributed by atoms with Crippen molar-refractivity contribution in [2.24, 2.45) is 0 Å². The van der Waals surface area contributed by atoms with Crippen molar-refractivity contribution in [1.82, 2.24) is 14.6 Å². The number of aryl methyl sites for hydroxylation is 1. The highest BCUT2D eigenvalue weighted by Gasteiger charge is 2.37. The molecule has 7 nitrogen and oxygen atoms in total. The molecule has 0 atom stereocenters. The number of ether oxygens (including phenoxy) is 1. The molecule has 5 rings (SSSR count). The third-order valence-electron chi connectivity index (χ3n) is 5.90. The zero-order valence-electron chi connectivity index (χ0n) is 18.8. The number of anilines is 1. The minimum absolute atomic E-state index is 0.00391. The number of nitrogens with one attached hydrogen (secondary N) is 1. The molecule has 0 unspecified atom stereocenters. The number of thiophene rings is 1. The number of carbonyl (C=O) groups is 2. The molecule has 36 heavy (non-hydrogen) atoms. The van der Waals surface area contributed by atoms with E-state index >= 15 is 0 Å². The minimum Gasteiger partial charge on any atom is -0.465 e. The van der Waals surface area contributed by atoms with E-state index in [1.165, 1.54) is 18.4 Å². The summed E-state index contributed by atoms with van der Waals surface area (Å²) in [6.45, 7) is 0. The van der Waals surface area contributed by atoms with Crippen LogP contribution in [-0.2, 0) is 23.8 Å². The number of nitrogens with zero attached hydrogens (tertiary/aromatic N) is 3. The van der Waals surface area contributed by atoms with Crippen LogP contribution in [0.25, 0.3) is 16.9 Å². The van der Waals surface area contributed by atoms with Crippen LogP contribution in [0.1, 0.15) is 49.8 Å². The van der Waals surface area contributed by atoms with Crippen molar-refractivity contribution >= 4 is 49.8 Å². The fourth-order valence-corrected chi connectivity index (χ4v) is 6.02. The van der Waals surface area contributed by atoms with E-state index in [9.17, 15) is 22.8 Å². The molecule has 0 fully saturated rings. The van der Waals surface area contributed by atoms with Crippen molar-refractivity contribution < 1.29 is 27.5 Å². The Balaban J connectivity index is 1.60. The van der Waals surface area contributed by atoms with Crippen molar-refractivity contribution in [1.29, 1.82) is 0 Å². The Morgan fingerprint density at radius 1 is 1.17 bits per heavy atom. The number of alkyl halides is 3. The van der Waals surface area contributed by atoms with E-state index in [0.29, 0.717) is 16.5 Å². The normalized spacial score (nSPS) is 13.5. The molecule has 1 N–H and O–H groups in total. The number of fused-ring (bicyclic) bond motifs is 2. The summed E-state index contributed by atoms with van der Waals surface area (Å²) in [5.41, 5.74) is 0.168. The van der Waals surface area contributed by atoms with Gasteiger partial charge in [0.1, 0.15) is 5.00 Å². The number of benzene rings is 1. The number of carbonyl (C=O) groups excluding carboxylic acids is 2. The van der Waals surface area contributed by atoms with Crippen molar-refractivity contribution in [2.75, 3.05) is 12.4 Å². The zero-order valence-corrected chi connectivity index (χ0v) is 21.2. The number of hydrogen-bond acceptors (Lipinski definition) is 6. The van der Waals surface area contributed by atoms with Crippen molar-refractivity contribution in [3.63, 3.8) is 0 Å². The van der Waals surface area contributed by atoms with Crippen LogP contribution < -0.4 is 5.32 Å². The molecule has 4 aromatic rings. The Bertz CT molecular complexity index is 1500. The maximum Gasteiger partial charge on any atom is 0.433 e. The van der Waals surface area contributed by atoms with Crippen LogP contribution in [0.5, 0.6) is 0 Å². The monoisotopic (exact) mass is 578 g/mol. The van der Waals surface area contributed by atoms with Gasteiger partial charge in [-0.1, -0.05) is 30.3 Å². The molecule has 1 aromatic carbocycles. The topological polar surface area (TPSA) is 85.6 Å². The molecule has 0 saturated heterocycles. The lowest BCUT2D eigenvalue weighted by molar-refractivity contribution is -0.142. The van der Waals surface area contributed by atoms with Gasteiger partial charge in [-0.3, -0.25) is 4.79 Å². The molecule has 3 aromatic heterocycles. The molecule has 0 bridgehead atoms. The Hall–Kier alpha value is -3.25. The Morgan fingerprint density at radius 2 is 1.89 bits per heavy atom.